The minimum atomic E-state index is 0.359. The Hall–Kier alpha value is -2.92. The summed E-state index contributed by atoms with van der Waals surface area (Å²) in [6.45, 7) is 2.63. The second kappa shape index (κ2) is 10.3. The largest absolute Gasteiger partial charge is 0.495 e. The number of fused-ring (bicyclic) bond motifs is 1. The molecule has 2 aromatic carbocycles. The highest BCUT2D eigenvalue weighted by Crippen LogP contribution is 2.40. The number of nitrogens with one attached hydrogen (secondary N) is 2. The Morgan fingerprint density at radius 1 is 1.06 bits per heavy atom. The van der Waals surface area contributed by atoms with Crippen molar-refractivity contribution in [2.24, 2.45) is 5.92 Å². The molecular formula is C24H24Cl2N4O3. The van der Waals surface area contributed by atoms with Gasteiger partial charge in [-0.2, -0.15) is 5.26 Å². The van der Waals surface area contributed by atoms with Crippen LogP contribution in [0.2, 0.25) is 10.0 Å². The van der Waals surface area contributed by atoms with Gasteiger partial charge in [-0.1, -0.05) is 23.2 Å². The second-order valence-electron chi connectivity index (χ2n) is 7.77. The topological polar surface area (TPSA) is 88.4 Å². The van der Waals surface area contributed by atoms with E-state index in [1.54, 1.807) is 19.2 Å². The molecule has 0 unspecified atom stereocenters. The Morgan fingerprint density at radius 2 is 1.82 bits per heavy atom. The Labute approximate surface area is 202 Å². The van der Waals surface area contributed by atoms with Crippen molar-refractivity contribution in [3.8, 4) is 23.3 Å². The van der Waals surface area contributed by atoms with Crippen molar-refractivity contribution in [2.75, 3.05) is 39.2 Å². The number of halogens is 2. The molecule has 7 nitrogen and oxygen atoms in total. The van der Waals surface area contributed by atoms with E-state index in [1.807, 2.05) is 12.1 Å². The first-order valence-corrected chi connectivity index (χ1v) is 11.3. The molecule has 1 aliphatic rings. The van der Waals surface area contributed by atoms with Crippen molar-refractivity contribution in [3.63, 3.8) is 0 Å². The minimum absolute atomic E-state index is 0.359. The molecule has 33 heavy (non-hydrogen) atoms. The van der Waals surface area contributed by atoms with Gasteiger partial charge >= 0.3 is 0 Å². The molecule has 0 aliphatic carbocycles. The fourth-order valence-electron chi connectivity index (χ4n) is 3.86. The molecule has 172 valence electrons. The Morgan fingerprint density at radius 3 is 2.52 bits per heavy atom. The summed E-state index contributed by atoms with van der Waals surface area (Å²) in [7, 11) is 3.12. The van der Waals surface area contributed by atoms with E-state index in [4.69, 9.17) is 37.4 Å². The van der Waals surface area contributed by atoms with Crippen LogP contribution < -0.4 is 24.8 Å². The Kier molecular flexibility index (Phi) is 7.29. The van der Waals surface area contributed by atoms with Gasteiger partial charge in [-0.05, 0) is 44.0 Å². The standard InChI is InChI=1S/C24H24Cl2N4O3/c1-31-21-10-20(17(25)8-18(21)26)30-24-15(11-27)12-29-19-9-23(22(32-2)7-16(19)24)33-13-14-3-5-28-6-4-14/h7-10,12,14,28H,3-6,13H2,1-2H3,(H,29,30). The van der Waals surface area contributed by atoms with Gasteiger partial charge in [-0.15, -0.1) is 0 Å². The van der Waals surface area contributed by atoms with Gasteiger partial charge in [0.25, 0.3) is 0 Å². The number of piperidine rings is 1. The van der Waals surface area contributed by atoms with E-state index < -0.39 is 0 Å². The lowest BCUT2D eigenvalue weighted by Crippen LogP contribution is -2.30. The smallest absolute Gasteiger partial charge is 0.163 e. The lowest BCUT2D eigenvalue weighted by atomic mass is 9.99. The second-order valence-corrected chi connectivity index (χ2v) is 8.59. The summed E-state index contributed by atoms with van der Waals surface area (Å²) in [5, 5.41) is 17.8. The average molecular weight is 487 g/mol. The van der Waals surface area contributed by atoms with Gasteiger partial charge in [0.15, 0.2) is 11.5 Å². The highest BCUT2D eigenvalue weighted by Gasteiger charge is 2.18. The predicted octanol–water partition coefficient (Wildman–Crippen LogP) is 5.55. The van der Waals surface area contributed by atoms with E-state index in [9.17, 15) is 5.26 Å². The van der Waals surface area contributed by atoms with E-state index in [-0.39, 0.29) is 0 Å². The lowest BCUT2D eigenvalue weighted by molar-refractivity contribution is 0.208. The number of ether oxygens (including phenoxy) is 3. The van der Waals surface area contributed by atoms with Crippen molar-refractivity contribution < 1.29 is 14.2 Å². The third-order valence-electron chi connectivity index (χ3n) is 5.71. The van der Waals surface area contributed by atoms with E-state index in [0.717, 1.165) is 25.9 Å². The van der Waals surface area contributed by atoms with Gasteiger partial charge in [-0.25, -0.2) is 0 Å². The van der Waals surface area contributed by atoms with Gasteiger partial charge in [0, 0.05) is 23.7 Å². The number of hydrogen-bond acceptors (Lipinski definition) is 7. The Bertz CT molecular complexity index is 1210. The molecule has 0 amide bonds. The van der Waals surface area contributed by atoms with E-state index in [1.165, 1.54) is 13.3 Å². The van der Waals surface area contributed by atoms with Crippen molar-refractivity contribution >= 4 is 45.5 Å². The van der Waals surface area contributed by atoms with Gasteiger partial charge in [0.1, 0.15) is 11.8 Å². The molecule has 0 saturated carbocycles. The maximum absolute atomic E-state index is 9.71. The fraction of sp³-hybridized carbons (Fsp3) is 0.333. The zero-order valence-corrected chi connectivity index (χ0v) is 19.9. The zero-order valence-electron chi connectivity index (χ0n) is 18.4. The summed E-state index contributed by atoms with van der Waals surface area (Å²) >= 11 is 12.6. The molecule has 2 N–H and O–H groups in total. The number of hydrogen-bond donors (Lipinski definition) is 2. The molecule has 0 radical (unpaired) electrons. The minimum Gasteiger partial charge on any atom is -0.495 e. The average Bonchev–Trinajstić information content (AvgIpc) is 2.84. The van der Waals surface area contributed by atoms with Crippen molar-refractivity contribution in [1.29, 1.82) is 5.26 Å². The zero-order chi connectivity index (χ0) is 23.4. The van der Waals surface area contributed by atoms with E-state index in [2.05, 4.69) is 21.7 Å². The maximum Gasteiger partial charge on any atom is 0.163 e. The number of aromatic nitrogens is 1. The summed E-state index contributed by atoms with van der Waals surface area (Å²) in [5.41, 5.74) is 2.12. The van der Waals surface area contributed by atoms with Crippen molar-refractivity contribution in [1.82, 2.24) is 10.3 Å². The SMILES string of the molecule is COc1cc(Nc2c(C#N)cnc3cc(OCC4CCNCC4)c(OC)cc23)c(Cl)cc1Cl. The van der Waals surface area contributed by atoms with Crippen LogP contribution in [-0.2, 0) is 0 Å². The summed E-state index contributed by atoms with van der Waals surface area (Å²) in [6.07, 6.45) is 3.69. The molecule has 1 saturated heterocycles. The van der Waals surface area contributed by atoms with E-state index in [0.29, 0.717) is 67.7 Å². The number of pyridine rings is 1. The van der Waals surface area contributed by atoms with Crippen LogP contribution in [0.1, 0.15) is 18.4 Å². The maximum atomic E-state index is 9.71. The number of methoxy groups -OCH3 is 2. The fourth-order valence-corrected chi connectivity index (χ4v) is 4.37. The lowest BCUT2D eigenvalue weighted by Gasteiger charge is -2.23. The molecule has 9 heteroatoms. The van der Waals surface area contributed by atoms with Crippen LogP contribution in [0.15, 0.2) is 30.5 Å². The number of nitrogens with zero attached hydrogens (tertiary/aromatic N) is 2. The van der Waals surface area contributed by atoms with Crippen LogP contribution in [0.4, 0.5) is 11.4 Å². The van der Waals surface area contributed by atoms with Crippen LogP contribution in [0.25, 0.3) is 10.9 Å². The summed E-state index contributed by atoms with van der Waals surface area (Å²) < 4.78 is 17.0. The van der Waals surface area contributed by atoms with Crippen LogP contribution in [0.3, 0.4) is 0 Å². The predicted molar refractivity (Wildman–Crippen MR) is 130 cm³/mol. The highest BCUT2D eigenvalue weighted by atomic mass is 35.5. The van der Waals surface area contributed by atoms with Crippen LogP contribution in [0, 0.1) is 17.2 Å². The van der Waals surface area contributed by atoms with Gasteiger partial charge in [0.2, 0.25) is 0 Å². The number of anilines is 2. The molecule has 0 atom stereocenters. The summed E-state index contributed by atoms with van der Waals surface area (Å²) in [6, 6.07) is 9.12. The molecule has 1 fully saturated rings. The third kappa shape index (κ3) is 5.03. The molecule has 1 aliphatic heterocycles. The van der Waals surface area contributed by atoms with Gasteiger partial charge in [-0.3, -0.25) is 4.98 Å². The van der Waals surface area contributed by atoms with Crippen LogP contribution in [0.5, 0.6) is 17.2 Å². The number of benzene rings is 2. The third-order valence-corrected chi connectivity index (χ3v) is 6.32. The first-order chi connectivity index (χ1) is 16.0. The molecule has 0 bridgehead atoms. The molecule has 0 spiro atoms. The number of nitriles is 1. The molecule has 4 rings (SSSR count). The monoisotopic (exact) mass is 486 g/mol. The first kappa shape index (κ1) is 23.2. The molecular weight excluding hydrogens is 463 g/mol. The quantitative estimate of drug-likeness (QED) is 0.452. The first-order valence-electron chi connectivity index (χ1n) is 10.6. The van der Waals surface area contributed by atoms with Gasteiger partial charge < -0.3 is 24.8 Å². The molecule has 3 aromatic rings. The summed E-state index contributed by atoms with van der Waals surface area (Å²) in [4.78, 5) is 4.47. The van der Waals surface area contributed by atoms with Gasteiger partial charge in [0.05, 0.1) is 53.3 Å². The molecule has 1 aromatic heterocycles. The molecule has 2 heterocycles. The number of rotatable bonds is 7. The van der Waals surface area contributed by atoms with E-state index >= 15 is 0 Å². The summed E-state index contributed by atoms with van der Waals surface area (Å²) in [5.74, 6) is 2.15. The van der Waals surface area contributed by atoms with Crippen molar-refractivity contribution in [2.45, 2.75) is 12.8 Å². The highest BCUT2D eigenvalue weighted by molar-refractivity contribution is 6.37. The normalized spacial score (nSPS) is 14.0. The Balaban J connectivity index is 1.72. The van der Waals surface area contributed by atoms with Crippen LogP contribution >= 0.6 is 23.2 Å². The van der Waals surface area contributed by atoms with Crippen LogP contribution in [-0.4, -0.2) is 38.9 Å². The van der Waals surface area contributed by atoms with Crippen molar-refractivity contribution in [3.05, 3.63) is 46.1 Å².